The number of nitrogen functional groups attached to an aromatic ring is 1. The van der Waals surface area contributed by atoms with Crippen LogP contribution in [0.25, 0.3) is 18.5 Å². The van der Waals surface area contributed by atoms with Crippen LogP contribution in [0.5, 0.6) is 0 Å². The summed E-state index contributed by atoms with van der Waals surface area (Å²) in [4.78, 5) is 27.8. The Bertz CT molecular complexity index is 1200. The zero-order valence-electron chi connectivity index (χ0n) is 15.3. The maximum atomic E-state index is 14.8. The minimum Gasteiger partial charge on any atom is -0.416 e. The number of aliphatic imine (C=N–C) groups is 1. The first-order chi connectivity index (χ1) is 13.2. The number of benzene rings is 1. The molecule has 0 unspecified atom stereocenters. The molecule has 1 saturated carbocycles. The Labute approximate surface area is 159 Å². The number of halogens is 1. The van der Waals surface area contributed by atoms with Crippen molar-refractivity contribution in [1.29, 1.82) is 5.26 Å². The normalized spacial score (nSPS) is 19.4. The summed E-state index contributed by atoms with van der Waals surface area (Å²) in [7, 11) is 0. The average molecular weight is 383 g/mol. The Morgan fingerprint density at radius 1 is 1.61 bits per heavy atom. The van der Waals surface area contributed by atoms with E-state index in [2.05, 4.69) is 16.9 Å². The van der Waals surface area contributed by atoms with E-state index in [1.807, 2.05) is 6.07 Å². The number of aryl methyl sites for hydroxylation is 1. The summed E-state index contributed by atoms with van der Waals surface area (Å²) < 4.78 is 20.6. The molecule has 0 saturated heterocycles. The maximum absolute atomic E-state index is 14.8. The molecule has 1 aliphatic rings. The lowest BCUT2D eigenvalue weighted by Crippen LogP contribution is -2.32. The van der Waals surface area contributed by atoms with Gasteiger partial charge in [-0.05, 0) is 31.6 Å². The van der Waals surface area contributed by atoms with Crippen LogP contribution in [0.3, 0.4) is 0 Å². The molecule has 8 nitrogen and oxygen atoms in total. The molecule has 0 aliphatic heterocycles. The third-order valence-corrected chi connectivity index (χ3v) is 4.50. The van der Waals surface area contributed by atoms with Crippen molar-refractivity contribution in [2.24, 2.45) is 16.8 Å². The van der Waals surface area contributed by atoms with Crippen LogP contribution < -0.4 is 27.2 Å². The van der Waals surface area contributed by atoms with E-state index >= 15 is 0 Å². The van der Waals surface area contributed by atoms with E-state index in [9.17, 15) is 14.0 Å². The largest absolute Gasteiger partial charge is 0.423 e. The van der Waals surface area contributed by atoms with Crippen LogP contribution in [-0.4, -0.2) is 16.3 Å². The van der Waals surface area contributed by atoms with E-state index in [0.717, 1.165) is 4.57 Å². The average Bonchev–Trinajstić information content (AvgIpc) is 3.37. The molecule has 0 bridgehead atoms. The van der Waals surface area contributed by atoms with Crippen molar-refractivity contribution in [3.8, 4) is 11.8 Å². The Kier molecular flexibility index (Phi) is 4.88. The van der Waals surface area contributed by atoms with Gasteiger partial charge in [-0.1, -0.05) is 6.58 Å². The predicted molar refractivity (Wildman–Crippen MR) is 101 cm³/mol. The van der Waals surface area contributed by atoms with E-state index in [4.69, 9.17) is 15.4 Å². The van der Waals surface area contributed by atoms with Crippen molar-refractivity contribution in [2.75, 3.05) is 5.73 Å². The lowest BCUT2D eigenvalue weighted by molar-refractivity contribution is -0.121. The van der Waals surface area contributed by atoms with Crippen molar-refractivity contribution >= 4 is 30.2 Å². The number of oxazole rings is 1. The van der Waals surface area contributed by atoms with Gasteiger partial charge in [-0.3, -0.25) is 4.79 Å². The third kappa shape index (κ3) is 3.44. The lowest BCUT2D eigenvalue weighted by atomic mass is 10.2. The highest BCUT2D eigenvalue weighted by Crippen LogP contribution is 2.37. The Morgan fingerprint density at radius 2 is 2.32 bits per heavy atom. The van der Waals surface area contributed by atoms with Crippen molar-refractivity contribution in [2.45, 2.75) is 20.3 Å². The molecule has 3 N–H and O–H groups in total. The number of nitrogens with one attached hydrogen (secondary N) is 1. The highest BCUT2D eigenvalue weighted by Gasteiger charge is 2.43. The number of amides is 1. The first kappa shape index (κ1) is 19.1. The number of carbonyl (C=O) groups is 1. The van der Waals surface area contributed by atoms with Gasteiger partial charge in [0.25, 0.3) is 0 Å². The van der Waals surface area contributed by atoms with E-state index in [1.54, 1.807) is 13.8 Å². The van der Waals surface area contributed by atoms with Crippen LogP contribution in [0.15, 0.2) is 26.5 Å². The van der Waals surface area contributed by atoms with E-state index in [1.165, 1.54) is 18.5 Å². The number of rotatable bonds is 3. The molecule has 9 heteroatoms. The number of nitrogens with two attached hydrogens (primary N) is 1. The van der Waals surface area contributed by atoms with Gasteiger partial charge in [-0.25, -0.2) is 18.7 Å². The molecule has 2 atom stereocenters. The fourth-order valence-corrected chi connectivity index (χ4v) is 2.82. The van der Waals surface area contributed by atoms with Crippen molar-refractivity contribution in [1.82, 2.24) is 9.88 Å². The predicted octanol–water partition coefficient (Wildman–Crippen LogP) is 0.303. The molecule has 1 aromatic heterocycles. The summed E-state index contributed by atoms with van der Waals surface area (Å²) in [5, 5.41) is 11.9. The molecule has 144 valence electrons. The Morgan fingerprint density at radius 3 is 2.89 bits per heavy atom. The second-order valence-corrected chi connectivity index (χ2v) is 6.59. The summed E-state index contributed by atoms with van der Waals surface area (Å²) in [6, 6.07) is 3.41. The van der Waals surface area contributed by atoms with Crippen LogP contribution >= 0.6 is 0 Å². The number of aromatic nitrogens is 1. The van der Waals surface area contributed by atoms with Crippen LogP contribution in [0.2, 0.25) is 0 Å². The molecule has 0 spiro atoms. The second kappa shape index (κ2) is 7.15. The molecule has 1 fully saturated rings. The molecule has 1 aliphatic carbocycles. The van der Waals surface area contributed by atoms with Gasteiger partial charge in [0.15, 0.2) is 5.82 Å². The summed E-state index contributed by atoms with van der Waals surface area (Å²) in [6.45, 7) is 6.99. The number of carbonyl (C=O) groups excluding carboxylic acids is 1. The molecular formula is C19H18FN5O3. The van der Waals surface area contributed by atoms with Gasteiger partial charge < -0.3 is 15.5 Å². The van der Waals surface area contributed by atoms with Gasteiger partial charge in [-0.2, -0.15) is 5.26 Å². The summed E-state index contributed by atoms with van der Waals surface area (Å²) in [5.41, 5.74) is 6.00. The number of nitriles is 1. The van der Waals surface area contributed by atoms with Crippen molar-refractivity contribution in [3.05, 3.63) is 44.8 Å². The Balaban J connectivity index is 1.94. The maximum Gasteiger partial charge on any atom is 0.423 e. The lowest BCUT2D eigenvalue weighted by Gasteiger charge is -2.08. The van der Waals surface area contributed by atoms with E-state index < -0.39 is 11.6 Å². The molecule has 2 aromatic rings. The minimum atomic E-state index is -0.808. The van der Waals surface area contributed by atoms with E-state index in [-0.39, 0.29) is 40.2 Å². The zero-order chi connectivity index (χ0) is 20.6. The smallest absolute Gasteiger partial charge is 0.416 e. The molecule has 1 amide bonds. The number of hydrogen-bond donors (Lipinski definition) is 2. The quantitative estimate of drug-likeness (QED) is 0.448. The SMILES string of the molecule is C=c1cc(-n2c(C)coc2=O)c(F)c(N)/c1=C/N=C(C)NC(=O)[C@@H]1C[C@H]1C#N. The van der Waals surface area contributed by atoms with Crippen LogP contribution in [0.4, 0.5) is 10.1 Å². The van der Waals surface area contributed by atoms with Gasteiger partial charge >= 0.3 is 5.76 Å². The topological polar surface area (TPSA) is 126 Å². The van der Waals surface area contributed by atoms with Gasteiger partial charge in [0.1, 0.15) is 12.1 Å². The molecule has 1 heterocycles. The third-order valence-electron chi connectivity index (χ3n) is 4.50. The second-order valence-electron chi connectivity index (χ2n) is 6.59. The Hall–Kier alpha value is -3.67. The standard InChI is InChI=1S/C19H18FN5O3/c1-9-4-15(25-10(2)8-28-19(25)27)16(20)17(22)14(9)7-23-11(3)24-18(26)13-5-12(13)6-21/h4,7-8,12-13H,1,5,22H2,2-3H3,(H,23,24,26)/b14-7+/t12-,13+/m0/s1. The summed E-state index contributed by atoms with van der Waals surface area (Å²) >= 11 is 0. The minimum absolute atomic E-state index is 0.0683. The first-order valence-electron chi connectivity index (χ1n) is 8.44. The van der Waals surface area contributed by atoms with Crippen LogP contribution in [-0.2, 0) is 4.79 Å². The van der Waals surface area contributed by atoms with E-state index in [0.29, 0.717) is 17.3 Å². The molecular weight excluding hydrogens is 365 g/mol. The van der Waals surface area contributed by atoms with Gasteiger partial charge in [0.2, 0.25) is 5.91 Å². The molecule has 1 aromatic carbocycles. The molecule has 28 heavy (non-hydrogen) atoms. The first-order valence-corrected chi connectivity index (χ1v) is 8.44. The highest BCUT2D eigenvalue weighted by molar-refractivity contribution is 5.99. The fraction of sp³-hybridized carbons (Fsp3) is 0.263. The molecule has 3 rings (SSSR count). The fourth-order valence-electron chi connectivity index (χ4n) is 2.82. The number of anilines is 1. The number of nitrogens with zero attached hydrogens (tertiary/aromatic N) is 3. The zero-order valence-corrected chi connectivity index (χ0v) is 15.3. The van der Waals surface area contributed by atoms with Crippen LogP contribution in [0, 0.1) is 35.9 Å². The van der Waals surface area contributed by atoms with Gasteiger partial charge in [0.05, 0.1) is 35.0 Å². The van der Waals surface area contributed by atoms with Crippen LogP contribution in [0.1, 0.15) is 19.0 Å². The number of amidine groups is 1. The van der Waals surface area contributed by atoms with Crippen molar-refractivity contribution < 1.29 is 13.6 Å². The summed E-state index contributed by atoms with van der Waals surface area (Å²) in [5.74, 6) is -2.12. The van der Waals surface area contributed by atoms with Gasteiger partial charge in [-0.15, -0.1) is 0 Å². The molecule has 0 radical (unpaired) electrons. The van der Waals surface area contributed by atoms with Gasteiger partial charge in [0, 0.05) is 11.4 Å². The van der Waals surface area contributed by atoms with Crippen molar-refractivity contribution in [3.63, 3.8) is 0 Å². The number of hydrogen-bond acceptors (Lipinski definition) is 6. The monoisotopic (exact) mass is 383 g/mol. The highest BCUT2D eigenvalue weighted by atomic mass is 19.1. The summed E-state index contributed by atoms with van der Waals surface area (Å²) in [6.07, 6.45) is 3.04.